The van der Waals surface area contributed by atoms with Crippen LogP contribution in [0.25, 0.3) is 11.4 Å². The van der Waals surface area contributed by atoms with Crippen molar-refractivity contribution in [3.8, 4) is 11.4 Å². The Morgan fingerprint density at radius 3 is 2.67 bits per heavy atom. The van der Waals surface area contributed by atoms with Crippen LogP contribution in [0.15, 0.2) is 72.5 Å². The van der Waals surface area contributed by atoms with E-state index in [2.05, 4.69) is 27.1 Å². The molecule has 4 rings (SSSR count). The summed E-state index contributed by atoms with van der Waals surface area (Å²) in [5.41, 5.74) is 3.12. The van der Waals surface area contributed by atoms with Gasteiger partial charge in [0.2, 0.25) is 5.91 Å². The molecule has 0 saturated heterocycles. The second kappa shape index (κ2) is 10.5. The normalized spacial score (nSPS) is 10.8. The van der Waals surface area contributed by atoms with Crippen molar-refractivity contribution in [2.24, 2.45) is 0 Å². The molecule has 0 unspecified atom stereocenters. The lowest BCUT2D eigenvalue weighted by atomic mass is 10.1. The fourth-order valence-corrected chi connectivity index (χ4v) is 4.75. The molecule has 33 heavy (non-hydrogen) atoms. The van der Waals surface area contributed by atoms with Crippen molar-refractivity contribution in [1.29, 1.82) is 0 Å². The predicted molar refractivity (Wildman–Crippen MR) is 131 cm³/mol. The van der Waals surface area contributed by atoms with Gasteiger partial charge in [0.1, 0.15) is 5.82 Å². The van der Waals surface area contributed by atoms with Crippen LogP contribution in [0.5, 0.6) is 0 Å². The number of anilines is 1. The molecule has 0 aliphatic heterocycles. The number of nitrogens with one attached hydrogen (secondary N) is 1. The van der Waals surface area contributed by atoms with Crippen LogP contribution in [0.3, 0.4) is 0 Å². The number of aryl methyl sites for hydroxylation is 1. The minimum Gasteiger partial charge on any atom is -0.301 e. The van der Waals surface area contributed by atoms with Crippen LogP contribution in [0.4, 0.5) is 9.52 Å². The summed E-state index contributed by atoms with van der Waals surface area (Å²) in [5.74, 6) is 0.482. The first-order chi connectivity index (χ1) is 16.0. The Labute approximate surface area is 199 Å². The molecular formula is C24H22FN5OS2. The molecule has 2 aromatic heterocycles. The monoisotopic (exact) mass is 479 g/mol. The Morgan fingerprint density at radius 2 is 1.94 bits per heavy atom. The first-order valence-corrected chi connectivity index (χ1v) is 12.0. The number of nitrogens with zero attached hydrogens (tertiary/aromatic N) is 4. The highest BCUT2D eigenvalue weighted by Crippen LogP contribution is 2.25. The maximum absolute atomic E-state index is 13.1. The highest BCUT2D eigenvalue weighted by atomic mass is 32.2. The van der Waals surface area contributed by atoms with Crippen LogP contribution in [-0.4, -0.2) is 31.4 Å². The Kier molecular flexibility index (Phi) is 7.31. The van der Waals surface area contributed by atoms with E-state index in [0.717, 1.165) is 21.8 Å². The molecule has 168 valence electrons. The van der Waals surface area contributed by atoms with E-state index in [4.69, 9.17) is 0 Å². The van der Waals surface area contributed by atoms with Gasteiger partial charge in [-0.05, 0) is 24.6 Å². The molecule has 0 saturated carbocycles. The van der Waals surface area contributed by atoms with Crippen molar-refractivity contribution in [2.75, 3.05) is 11.1 Å². The van der Waals surface area contributed by atoms with Crippen LogP contribution < -0.4 is 5.32 Å². The molecule has 1 amide bonds. The van der Waals surface area contributed by atoms with Crippen LogP contribution >= 0.6 is 23.1 Å². The third-order valence-corrected chi connectivity index (χ3v) is 6.64. The fourth-order valence-electron chi connectivity index (χ4n) is 3.14. The van der Waals surface area contributed by atoms with Crippen LogP contribution in [0.2, 0.25) is 0 Å². The van der Waals surface area contributed by atoms with Gasteiger partial charge in [-0.2, -0.15) is 0 Å². The van der Waals surface area contributed by atoms with Gasteiger partial charge in [0, 0.05) is 29.6 Å². The molecule has 1 N–H and O–H groups in total. The number of aromatic nitrogens is 4. The smallest absolute Gasteiger partial charge is 0.236 e. The maximum atomic E-state index is 13.1. The summed E-state index contributed by atoms with van der Waals surface area (Å²) in [5, 5.41) is 12.6. The Hall–Kier alpha value is -3.30. The highest BCUT2D eigenvalue weighted by Gasteiger charge is 2.15. The minimum absolute atomic E-state index is 0.173. The zero-order valence-corrected chi connectivity index (χ0v) is 19.6. The SMILES string of the molecule is C=CCn1c(SCC(=O)Nc2ncc(Cc3ccc(F)cc3)s2)nnc1-c1ccc(C)cc1. The molecule has 0 bridgehead atoms. The number of carbonyl (C=O) groups is 1. The van der Waals surface area contributed by atoms with Crippen molar-refractivity contribution in [2.45, 2.75) is 25.0 Å². The van der Waals surface area contributed by atoms with E-state index in [1.54, 1.807) is 24.4 Å². The topological polar surface area (TPSA) is 72.7 Å². The van der Waals surface area contributed by atoms with Crippen molar-refractivity contribution in [1.82, 2.24) is 19.7 Å². The largest absolute Gasteiger partial charge is 0.301 e. The van der Waals surface area contributed by atoms with Gasteiger partial charge >= 0.3 is 0 Å². The second-order valence-corrected chi connectivity index (χ2v) is 9.40. The standard InChI is InChI=1S/C24H22FN5OS2/c1-3-12-30-22(18-8-4-16(2)5-9-18)28-29-24(30)32-15-21(31)27-23-26-14-20(33-23)13-17-6-10-19(25)11-7-17/h3-11,14H,1,12-13,15H2,2H3,(H,26,27,31). The summed E-state index contributed by atoms with van der Waals surface area (Å²) in [6.07, 6.45) is 4.14. The predicted octanol–water partition coefficient (Wildman–Crippen LogP) is 5.36. The Morgan fingerprint density at radius 1 is 1.18 bits per heavy atom. The van der Waals surface area contributed by atoms with E-state index in [0.29, 0.717) is 23.3 Å². The molecule has 6 nitrogen and oxygen atoms in total. The van der Waals surface area contributed by atoms with E-state index in [1.807, 2.05) is 35.8 Å². The zero-order chi connectivity index (χ0) is 23.2. The van der Waals surface area contributed by atoms with E-state index in [-0.39, 0.29) is 17.5 Å². The molecule has 0 aliphatic carbocycles. The van der Waals surface area contributed by atoms with Gasteiger partial charge in [-0.15, -0.1) is 28.1 Å². The summed E-state index contributed by atoms with van der Waals surface area (Å²) < 4.78 is 15.0. The zero-order valence-electron chi connectivity index (χ0n) is 18.0. The number of thioether (sulfide) groups is 1. The summed E-state index contributed by atoms with van der Waals surface area (Å²) in [4.78, 5) is 17.8. The van der Waals surface area contributed by atoms with Gasteiger partial charge in [0.15, 0.2) is 16.1 Å². The van der Waals surface area contributed by atoms with Gasteiger partial charge in [-0.25, -0.2) is 9.37 Å². The minimum atomic E-state index is -0.261. The summed E-state index contributed by atoms with van der Waals surface area (Å²) in [7, 11) is 0. The summed E-state index contributed by atoms with van der Waals surface area (Å²) >= 11 is 2.72. The number of amides is 1. The van der Waals surface area contributed by atoms with Crippen molar-refractivity contribution < 1.29 is 9.18 Å². The molecule has 0 spiro atoms. The number of benzene rings is 2. The molecular weight excluding hydrogens is 457 g/mol. The lowest BCUT2D eigenvalue weighted by Gasteiger charge is -2.08. The maximum Gasteiger partial charge on any atom is 0.236 e. The number of halogens is 1. The highest BCUT2D eigenvalue weighted by molar-refractivity contribution is 7.99. The number of allylic oxidation sites excluding steroid dienone is 1. The number of rotatable bonds is 9. The number of thiazole rings is 1. The van der Waals surface area contributed by atoms with Crippen LogP contribution in [0.1, 0.15) is 16.0 Å². The molecule has 9 heteroatoms. The molecule has 2 heterocycles. The molecule has 0 aliphatic rings. The van der Waals surface area contributed by atoms with E-state index in [1.165, 1.54) is 40.8 Å². The molecule has 2 aromatic carbocycles. The fraction of sp³-hybridized carbons (Fsp3) is 0.167. The third kappa shape index (κ3) is 5.94. The number of hydrogen-bond acceptors (Lipinski definition) is 6. The molecule has 0 atom stereocenters. The van der Waals surface area contributed by atoms with Crippen molar-refractivity contribution >= 4 is 34.1 Å². The summed E-state index contributed by atoms with van der Waals surface area (Å²) in [6.45, 7) is 6.40. The summed E-state index contributed by atoms with van der Waals surface area (Å²) in [6, 6.07) is 14.4. The van der Waals surface area contributed by atoms with Crippen LogP contribution in [0, 0.1) is 12.7 Å². The van der Waals surface area contributed by atoms with E-state index in [9.17, 15) is 9.18 Å². The van der Waals surface area contributed by atoms with Gasteiger partial charge in [-0.3, -0.25) is 9.36 Å². The molecule has 4 aromatic rings. The molecule has 0 fully saturated rings. The van der Waals surface area contributed by atoms with Crippen LogP contribution in [-0.2, 0) is 17.8 Å². The van der Waals surface area contributed by atoms with Crippen molar-refractivity contribution in [3.05, 3.63) is 89.2 Å². The average molecular weight is 480 g/mol. The number of carbonyl (C=O) groups excluding carboxylic acids is 1. The average Bonchev–Trinajstić information content (AvgIpc) is 3.41. The van der Waals surface area contributed by atoms with Gasteiger partial charge in [0.25, 0.3) is 0 Å². The van der Waals surface area contributed by atoms with Gasteiger partial charge in [-0.1, -0.05) is 59.8 Å². The Bertz CT molecular complexity index is 1250. The number of hydrogen-bond donors (Lipinski definition) is 1. The van der Waals surface area contributed by atoms with Gasteiger partial charge in [0.05, 0.1) is 5.75 Å². The quantitative estimate of drug-likeness (QED) is 0.259. The van der Waals surface area contributed by atoms with E-state index >= 15 is 0 Å². The third-order valence-electron chi connectivity index (χ3n) is 4.76. The lowest BCUT2D eigenvalue weighted by molar-refractivity contribution is -0.113. The second-order valence-electron chi connectivity index (χ2n) is 7.34. The first-order valence-electron chi connectivity index (χ1n) is 10.2. The van der Waals surface area contributed by atoms with Crippen molar-refractivity contribution in [3.63, 3.8) is 0 Å². The molecule has 0 radical (unpaired) electrons. The first kappa shape index (κ1) is 22.9. The van der Waals surface area contributed by atoms with Gasteiger partial charge < -0.3 is 5.32 Å². The Balaban J connectivity index is 1.37. The lowest BCUT2D eigenvalue weighted by Crippen LogP contribution is -2.14. The van der Waals surface area contributed by atoms with E-state index < -0.39 is 0 Å².